The second-order valence-electron chi connectivity index (χ2n) is 9.52. The van der Waals surface area contributed by atoms with Crippen molar-refractivity contribution in [3.8, 4) is 17.2 Å². The molecule has 2 amide bonds. The van der Waals surface area contributed by atoms with Gasteiger partial charge in [-0.15, -0.1) is 0 Å². The van der Waals surface area contributed by atoms with E-state index in [1.54, 1.807) is 86.5 Å². The summed E-state index contributed by atoms with van der Waals surface area (Å²) in [5, 5.41) is 11.0. The highest BCUT2D eigenvalue weighted by Gasteiger charge is 2.40. The maximum atomic E-state index is 13.8. The summed E-state index contributed by atoms with van der Waals surface area (Å²) in [5.74, 6) is 0.653. The summed E-state index contributed by atoms with van der Waals surface area (Å²) in [7, 11) is 3.10. The zero-order valence-electron chi connectivity index (χ0n) is 23.6. The van der Waals surface area contributed by atoms with Crippen molar-refractivity contribution >= 4 is 46.3 Å². The number of rotatable bonds is 9. The van der Waals surface area contributed by atoms with E-state index in [0.717, 1.165) is 5.56 Å². The molecule has 11 heteroatoms. The zero-order chi connectivity index (χ0) is 29.8. The lowest BCUT2D eigenvalue weighted by Gasteiger charge is -2.31. The fourth-order valence-electron chi connectivity index (χ4n) is 4.89. The SMILES string of the molecule is CCOc1ccc(NC(=O)c2cnn3c2N=C(C)C(C(=O)Nc2ccc(Cl)cc2)C3c2ccc(OC)c(OC)c2)cc1. The monoisotopic (exact) mass is 587 g/mol. The molecule has 2 heterocycles. The Bertz CT molecular complexity index is 1630. The van der Waals surface area contributed by atoms with Gasteiger partial charge in [0.15, 0.2) is 17.3 Å². The Morgan fingerprint density at radius 1 is 0.929 bits per heavy atom. The van der Waals surface area contributed by atoms with Crippen molar-refractivity contribution in [2.24, 2.45) is 10.9 Å². The molecule has 0 aliphatic carbocycles. The predicted molar refractivity (Wildman–Crippen MR) is 162 cm³/mol. The molecule has 1 aromatic heterocycles. The minimum atomic E-state index is -0.756. The molecule has 10 nitrogen and oxygen atoms in total. The van der Waals surface area contributed by atoms with Crippen LogP contribution < -0.4 is 24.8 Å². The Morgan fingerprint density at radius 3 is 2.26 bits per heavy atom. The van der Waals surface area contributed by atoms with E-state index in [9.17, 15) is 9.59 Å². The number of carbonyl (C=O) groups is 2. The molecular weight excluding hydrogens is 558 g/mol. The number of nitrogens with one attached hydrogen (secondary N) is 2. The summed E-state index contributed by atoms with van der Waals surface area (Å²) in [6.07, 6.45) is 1.46. The van der Waals surface area contributed by atoms with E-state index >= 15 is 0 Å². The Labute approximate surface area is 248 Å². The number of carbonyl (C=O) groups excluding carboxylic acids is 2. The Hall–Kier alpha value is -4.83. The summed E-state index contributed by atoms with van der Waals surface area (Å²) in [6, 6.07) is 18.7. The lowest BCUT2D eigenvalue weighted by molar-refractivity contribution is -0.118. The molecule has 5 rings (SSSR count). The molecular formula is C31H30ClN5O5. The van der Waals surface area contributed by atoms with E-state index < -0.39 is 12.0 Å². The number of aromatic nitrogens is 2. The highest BCUT2D eigenvalue weighted by Crippen LogP contribution is 2.41. The summed E-state index contributed by atoms with van der Waals surface area (Å²) >= 11 is 6.03. The number of methoxy groups -OCH3 is 2. The molecule has 42 heavy (non-hydrogen) atoms. The first kappa shape index (κ1) is 28.7. The molecule has 216 valence electrons. The van der Waals surface area contributed by atoms with Gasteiger partial charge in [0.2, 0.25) is 5.91 Å². The first-order valence-corrected chi connectivity index (χ1v) is 13.7. The maximum Gasteiger partial charge on any atom is 0.261 e. The minimum Gasteiger partial charge on any atom is -0.494 e. The van der Waals surface area contributed by atoms with Crippen LogP contribution in [0, 0.1) is 5.92 Å². The van der Waals surface area contributed by atoms with Crippen molar-refractivity contribution in [1.29, 1.82) is 0 Å². The number of anilines is 2. The molecule has 2 unspecified atom stereocenters. The van der Waals surface area contributed by atoms with E-state index in [0.29, 0.717) is 51.8 Å². The lowest BCUT2D eigenvalue weighted by atomic mass is 9.87. The van der Waals surface area contributed by atoms with Crippen LogP contribution in [0.4, 0.5) is 17.2 Å². The molecule has 0 radical (unpaired) electrons. The molecule has 3 aromatic carbocycles. The van der Waals surface area contributed by atoms with E-state index in [-0.39, 0.29) is 17.4 Å². The average Bonchev–Trinajstić information content (AvgIpc) is 3.41. The average molecular weight is 588 g/mol. The van der Waals surface area contributed by atoms with Crippen molar-refractivity contribution in [1.82, 2.24) is 9.78 Å². The normalized spacial score (nSPS) is 15.7. The first-order chi connectivity index (χ1) is 20.3. The Balaban J connectivity index is 1.53. The molecule has 2 atom stereocenters. The number of amides is 2. The number of fused-ring (bicyclic) bond motifs is 1. The lowest BCUT2D eigenvalue weighted by Crippen LogP contribution is -2.39. The quantitative estimate of drug-likeness (QED) is 0.242. The minimum absolute atomic E-state index is 0.269. The second-order valence-corrected chi connectivity index (χ2v) is 9.96. The van der Waals surface area contributed by atoms with Gasteiger partial charge in [0.1, 0.15) is 17.2 Å². The highest BCUT2D eigenvalue weighted by molar-refractivity contribution is 6.30. The van der Waals surface area contributed by atoms with Gasteiger partial charge in [0.05, 0.1) is 33.1 Å². The molecule has 1 aliphatic rings. The summed E-state index contributed by atoms with van der Waals surface area (Å²) in [5.41, 5.74) is 2.69. The van der Waals surface area contributed by atoms with E-state index in [1.165, 1.54) is 6.20 Å². The predicted octanol–water partition coefficient (Wildman–Crippen LogP) is 6.16. The smallest absolute Gasteiger partial charge is 0.261 e. The van der Waals surface area contributed by atoms with Gasteiger partial charge >= 0.3 is 0 Å². The van der Waals surface area contributed by atoms with Crippen LogP contribution in [0.25, 0.3) is 0 Å². The van der Waals surface area contributed by atoms with Crippen molar-refractivity contribution < 1.29 is 23.8 Å². The van der Waals surface area contributed by atoms with Gasteiger partial charge in [0.25, 0.3) is 5.91 Å². The largest absolute Gasteiger partial charge is 0.494 e. The number of aliphatic imine (C=N–C) groups is 1. The first-order valence-electron chi connectivity index (χ1n) is 13.3. The topological polar surface area (TPSA) is 116 Å². The number of halogens is 1. The van der Waals surface area contributed by atoms with Gasteiger partial charge in [-0.1, -0.05) is 17.7 Å². The standard InChI is InChI=1S/C31H30ClN5O5/c1-5-42-23-13-11-22(12-14-23)35-30(38)24-17-33-37-28(19-6-15-25(40-3)26(16-19)41-4)27(18(2)34-29(24)37)31(39)36-21-9-7-20(32)8-10-21/h6-17,27-28H,5H2,1-4H3,(H,35,38)(H,36,39). The van der Waals surface area contributed by atoms with Crippen LogP contribution in [0.1, 0.15) is 35.8 Å². The summed E-state index contributed by atoms with van der Waals surface area (Å²) in [6.45, 7) is 4.22. The van der Waals surface area contributed by atoms with Gasteiger partial charge in [-0.2, -0.15) is 5.10 Å². The van der Waals surface area contributed by atoms with Crippen LogP contribution in [0.5, 0.6) is 17.2 Å². The molecule has 0 spiro atoms. The molecule has 0 saturated carbocycles. The third-order valence-electron chi connectivity index (χ3n) is 6.89. The van der Waals surface area contributed by atoms with Gasteiger partial charge in [-0.05, 0) is 80.1 Å². The van der Waals surface area contributed by atoms with Crippen molar-refractivity contribution in [3.05, 3.63) is 89.1 Å². The third-order valence-corrected chi connectivity index (χ3v) is 7.14. The van der Waals surface area contributed by atoms with Crippen LogP contribution >= 0.6 is 11.6 Å². The molecule has 0 fully saturated rings. The van der Waals surface area contributed by atoms with Crippen LogP contribution in [0.3, 0.4) is 0 Å². The number of nitrogens with zero attached hydrogens (tertiary/aromatic N) is 3. The number of hydrogen-bond acceptors (Lipinski definition) is 7. The van der Waals surface area contributed by atoms with Gasteiger partial charge in [0, 0.05) is 22.1 Å². The molecule has 1 aliphatic heterocycles. The van der Waals surface area contributed by atoms with E-state index in [1.807, 2.05) is 13.0 Å². The van der Waals surface area contributed by atoms with E-state index in [4.69, 9.17) is 30.8 Å². The maximum absolute atomic E-state index is 13.8. The molecule has 0 saturated heterocycles. The van der Waals surface area contributed by atoms with Gasteiger partial charge < -0.3 is 24.8 Å². The zero-order valence-corrected chi connectivity index (χ0v) is 24.3. The van der Waals surface area contributed by atoms with Crippen LogP contribution in [-0.2, 0) is 4.79 Å². The Kier molecular flexibility index (Phi) is 8.44. The van der Waals surface area contributed by atoms with E-state index in [2.05, 4.69) is 15.7 Å². The van der Waals surface area contributed by atoms with Crippen molar-refractivity contribution in [3.63, 3.8) is 0 Å². The van der Waals surface area contributed by atoms with Gasteiger partial charge in [-0.25, -0.2) is 9.67 Å². The van der Waals surface area contributed by atoms with Crippen molar-refractivity contribution in [2.45, 2.75) is 19.9 Å². The Morgan fingerprint density at radius 2 is 1.60 bits per heavy atom. The molecule has 2 N–H and O–H groups in total. The third kappa shape index (κ3) is 5.80. The number of benzene rings is 3. The number of hydrogen-bond donors (Lipinski definition) is 2. The molecule has 4 aromatic rings. The molecule has 0 bridgehead atoms. The fraction of sp³-hybridized carbons (Fsp3) is 0.226. The van der Waals surface area contributed by atoms with Gasteiger partial charge in [-0.3, -0.25) is 9.59 Å². The van der Waals surface area contributed by atoms with Crippen molar-refractivity contribution in [2.75, 3.05) is 31.5 Å². The summed E-state index contributed by atoms with van der Waals surface area (Å²) in [4.78, 5) is 31.9. The van der Waals surface area contributed by atoms with Crippen LogP contribution in [0.15, 0.2) is 77.9 Å². The van der Waals surface area contributed by atoms with Crippen LogP contribution in [-0.4, -0.2) is 48.1 Å². The number of ether oxygens (including phenoxy) is 3. The fourth-order valence-corrected chi connectivity index (χ4v) is 5.02. The summed E-state index contributed by atoms with van der Waals surface area (Å²) < 4.78 is 18.1. The van der Waals surface area contributed by atoms with Crippen LogP contribution in [0.2, 0.25) is 5.02 Å². The second kappa shape index (κ2) is 12.4. The highest BCUT2D eigenvalue weighted by atomic mass is 35.5.